The Bertz CT molecular complexity index is 1060. The van der Waals surface area contributed by atoms with Gasteiger partial charge < -0.3 is 20.3 Å². The predicted molar refractivity (Wildman–Crippen MR) is 283 cm³/mol. The van der Waals surface area contributed by atoms with Gasteiger partial charge in [0.1, 0.15) is 0 Å². The summed E-state index contributed by atoms with van der Waals surface area (Å²) < 4.78 is 5.44. The normalized spacial score (nSPS) is 12.9. The largest absolute Gasteiger partial charge is 0.466 e. The Kier molecular flexibility index (Phi) is 53.1. The third-order valence-corrected chi connectivity index (χ3v) is 13.1. The molecule has 1 amide bonds. The number of nitrogens with one attached hydrogen (secondary N) is 1. The van der Waals surface area contributed by atoms with Gasteiger partial charge in [-0.05, 0) is 83.5 Å². The summed E-state index contributed by atoms with van der Waals surface area (Å²) in [6.45, 7) is 4.83. The van der Waals surface area contributed by atoms with Crippen molar-refractivity contribution in [2.24, 2.45) is 0 Å². The van der Waals surface area contributed by atoms with Gasteiger partial charge in [0.2, 0.25) is 5.91 Å². The van der Waals surface area contributed by atoms with Crippen LogP contribution in [0.3, 0.4) is 0 Å². The van der Waals surface area contributed by atoms with E-state index in [0.29, 0.717) is 19.4 Å². The van der Waals surface area contributed by atoms with Crippen LogP contribution in [-0.2, 0) is 14.3 Å². The SMILES string of the molecule is CCCCCCCC/C=C\CCCCCCCC(=O)OCCCC/C=C\CCCCCCCC(=O)NC(CO)C(O)/C=C/CCCCCCCCCCCCCCCCCCCCCC. The predicted octanol–water partition coefficient (Wildman–Crippen LogP) is 17.6. The van der Waals surface area contributed by atoms with Gasteiger partial charge in [0.15, 0.2) is 0 Å². The molecule has 6 heteroatoms. The number of aliphatic hydroxyl groups excluding tert-OH is 2. The smallest absolute Gasteiger partial charge is 0.305 e. The lowest BCUT2D eigenvalue weighted by molar-refractivity contribution is -0.143. The van der Waals surface area contributed by atoms with E-state index in [4.69, 9.17) is 4.74 Å². The molecule has 0 rings (SSSR count). The zero-order chi connectivity index (χ0) is 47.2. The van der Waals surface area contributed by atoms with Crippen molar-refractivity contribution < 1.29 is 24.5 Å². The number of aliphatic hydroxyl groups is 2. The number of amides is 1. The van der Waals surface area contributed by atoms with Crippen LogP contribution in [0.5, 0.6) is 0 Å². The first-order valence-corrected chi connectivity index (χ1v) is 28.8. The van der Waals surface area contributed by atoms with E-state index in [1.165, 1.54) is 193 Å². The van der Waals surface area contributed by atoms with Gasteiger partial charge in [0.05, 0.1) is 25.4 Å². The van der Waals surface area contributed by atoms with Crippen molar-refractivity contribution in [3.63, 3.8) is 0 Å². The van der Waals surface area contributed by atoms with Crippen molar-refractivity contribution in [1.82, 2.24) is 5.32 Å². The van der Waals surface area contributed by atoms with Crippen LogP contribution in [-0.4, -0.2) is 47.4 Å². The molecule has 0 fully saturated rings. The van der Waals surface area contributed by atoms with Gasteiger partial charge in [0.25, 0.3) is 0 Å². The molecule has 2 atom stereocenters. The second kappa shape index (κ2) is 54.7. The maximum absolute atomic E-state index is 12.5. The first-order valence-electron chi connectivity index (χ1n) is 28.8. The van der Waals surface area contributed by atoms with Crippen LogP contribution in [0, 0.1) is 0 Å². The van der Waals surface area contributed by atoms with Gasteiger partial charge >= 0.3 is 5.97 Å². The number of ether oxygens (including phenoxy) is 1. The van der Waals surface area contributed by atoms with Gasteiger partial charge in [-0.25, -0.2) is 0 Å². The van der Waals surface area contributed by atoms with Gasteiger partial charge in [-0.1, -0.05) is 243 Å². The summed E-state index contributed by atoms with van der Waals surface area (Å²) in [4.78, 5) is 24.5. The van der Waals surface area contributed by atoms with Gasteiger partial charge in [-0.15, -0.1) is 0 Å². The summed E-state index contributed by atoms with van der Waals surface area (Å²) in [6, 6.07) is -0.650. The van der Waals surface area contributed by atoms with Crippen LogP contribution in [0.4, 0.5) is 0 Å². The summed E-state index contributed by atoms with van der Waals surface area (Å²) in [5.41, 5.74) is 0. The zero-order valence-corrected chi connectivity index (χ0v) is 43.5. The summed E-state index contributed by atoms with van der Waals surface area (Å²) in [5.74, 6) is -0.136. The molecule has 0 heterocycles. The quantitative estimate of drug-likeness (QED) is 0.0321. The van der Waals surface area contributed by atoms with Crippen LogP contribution in [0.1, 0.15) is 303 Å². The third kappa shape index (κ3) is 51.3. The molecular formula is C59H111NO5. The highest BCUT2D eigenvalue weighted by molar-refractivity contribution is 5.76. The molecule has 65 heavy (non-hydrogen) atoms. The monoisotopic (exact) mass is 914 g/mol. The number of unbranched alkanes of at least 4 members (excludes halogenated alkanes) is 38. The lowest BCUT2D eigenvalue weighted by Gasteiger charge is -2.20. The molecule has 0 aromatic rings. The Hall–Kier alpha value is -1.92. The van der Waals surface area contributed by atoms with Crippen molar-refractivity contribution in [3.05, 3.63) is 36.5 Å². The Morgan fingerprint density at radius 1 is 0.415 bits per heavy atom. The van der Waals surface area contributed by atoms with Gasteiger partial charge in [-0.3, -0.25) is 9.59 Å². The highest BCUT2D eigenvalue weighted by Crippen LogP contribution is 2.16. The Balaban J connectivity index is 3.55. The second-order valence-electron chi connectivity index (χ2n) is 19.6. The van der Waals surface area contributed by atoms with E-state index in [1.54, 1.807) is 6.08 Å². The average Bonchev–Trinajstić information content (AvgIpc) is 3.31. The lowest BCUT2D eigenvalue weighted by Crippen LogP contribution is -2.45. The van der Waals surface area contributed by atoms with Crippen molar-refractivity contribution in [2.75, 3.05) is 13.2 Å². The highest BCUT2D eigenvalue weighted by Gasteiger charge is 2.18. The van der Waals surface area contributed by atoms with Crippen LogP contribution >= 0.6 is 0 Å². The Labute approximate surface area is 404 Å². The number of hydrogen-bond donors (Lipinski definition) is 3. The number of rotatable bonds is 53. The fourth-order valence-corrected chi connectivity index (χ4v) is 8.68. The molecule has 0 bridgehead atoms. The molecule has 0 aliphatic carbocycles. The van der Waals surface area contributed by atoms with E-state index in [1.807, 2.05) is 6.08 Å². The first kappa shape index (κ1) is 63.1. The molecule has 0 aliphatic rings. The molecule has 0 saturated carbocycles. The van der Waals surface area contributed by atoms with Gasteiger partial charge in [-0.2, -0.15) is 0 Å². The molecule has 6 nitrogen and oxygen atoms in total. The van der Waals surface area contributed by atoms with Crippen molar-refractivity contribution in [1.29, 1.82) is 0 Å². The van der Waals surface area contributed by atoms with Crippen LogP contribution in [0.15, 0.2) is 36.5 Å². The van der Waals surface area contributed by atoms with Crippen LogP contribution < -0.4 is 5.32 Å². The maximum Gasteiger partial charge on any atom is 0.305 e. The number of carbonyl (C=O) groups excluding carboxylic acids is 2. The summed E-state index contributed by atoms with van der Waals surface area (Å²) in [5, 5.41) is 23.1. The number of allylic oxidation sites excluding steroid dienone is 5. The molecule has 3 N–H and O–H groups in total. The summed E-state index contributed by atoms with van der Waals surface area (Å²) in [7, 11) is 0. The molecular weight excluding hydrogens is 803 g/mol. The van der Waals surface area contributed by atoms with E-state index >= 15 is 0 Å². The number of carbonyl (C=O) groups is 2. The van der Waals surface area contributed by atoms with E-state index in [0.717, 1.165) is 83.5 Å². The molecule has 0 radical (unpaired) electrons. The molecule has 2 unspecified atom stereocenters. The molecule has 0 aromatic carbocycles. The standard InChI is InChI=1S/C59H111NO5/c1-3-5-7-9-11-13-15-17-19-20-21-22-23-24-25-27-28-31-35-39-43-47-51-57(62)56(55-61)60-58(63)52-48-44-40-36-32-30-34-38-42-46-50-54-65-59(64)53-49-45-41-37-33-29-26-18-16-14-12-10-8-6-4-2/h18,26,34,38,47,51,56-57,61-62H,3-17,19-25,27-33,35-37,39-46,48-50,52-55H2,1-2H3,(H,60,63)/b26-18-,38-34-,51-47+. The van der Waals surface area contributed by atoms with E-state index < -0.39 is 12.1 Å². The van der Waals surface area contributed by atoms with Crippen LogP contribution in [0.2, 0.25) is 0 Å². The molecule has 0 aromatic heterocycles. The third-order valence-electron chi connectivity index (χ3n) is 13.1. The number of hydrogen-bond acceptors (Lipinski definition) is 5. The number of esters is 1. The van der Waals surface area contributed by atoms with Crippen LogP contribution in [0.25, 0.3) is 0 Å². The fraction of sp³-hybridized carbons (Fsp3) is 0.864. The topological polar surface area (TPSA) is 95.9 Å². The minimum Gasteiger partial charge on any atom is -0.466 e. The molecule has 0 aliphatic heterocycles. The Morgan fingerprint density at radius 2 is 0.723 bits per heavy atom. The van der Waals surface area contributed by atoms with E-state index in [2.05, 4.69) is 43.5 Å². The van der Waals surface area contributed by atoms with E-state index in [9.17, 15) is 19.8 Å². The highest BCUT2D eigenvalue weighted by atomic mass is 16.5. The maximum atomic E-state index is 12.5. The first-order chi connectivity index (χ1) is 32.0. The summed E-state index contributed by atoms with van der Waals surface area (Å²) >= 11 is 0. The molecule has 382 valence electrons. The molecule has 0 saturated heterocycles. The van der Waals surface area contributed by atoms with Crippen molar-refractivity contribution >= 4 is 11.9 Å². The minimum absolute atomic E-state index is 0.0407. The van der Waals surface area contributed by atoms with Crippen molar-refractivity contribution in [2.45, 2.75) is 315 Å². The zero-order valence-electron chi connectivity index (χ0n) is 43.5. The van der Waals surface area contributed by atoms with Gasteiger partial charge in [0, 0.05) is 12.8 Å². The Morgan fingerprint density at radius 3 is 1.09 bits per heavy atom. The molecule has 0 spiro atoms. The lowest BCUT2D eigenvalue weighted by atomic mass is 10.0. The average molecular weight is 915 g/mol. The van der Waals surface area contributed by atoms with Crippen molar-refractivity contribution in [3.8, 4) is 0 Å². The minimum atomic E-state index is -0.864. The second-order valence-corrected chi connectivity index (χ2v) is 19.6. The summed E-state index contributed by atoms with van der Waals surface area (Å²) in [6.07, 6.45) is 67.4. The van der Waals surface area contributed by atoms with E-state index in [-0.39, 0.29) is 18.5 Å². The fourth-order valence-electron chi connectivity index (χ4n) is 8.68.